The number of amides is 1. The first kappa shape index (κ1) is 19.7. The fourth-order valence-electron chi connectivity index (χ4n) is 3.52. The molecule has 0 aliphatic heterocycles. The van der Waals surface area contributed by atoms with Crippen molar-refractivity contribution in [3.05, 3.63) is 72.3 Å². The summed E-state index contributed by atoms with van der Waals surface area (Å²) in [7, 11) is 1.56. The summed E-state index contributed by atoms with van der Waals surface area (Å²) < 4.78 is 9.39. The van der Waals surface area contributed by atoms with E-state index in [0.717, 1.165) is 23.4 Å². The second kappa shape index (κ2) is 8.41. The van der Waals surface area contributed by atoms with Gasteiger partial charge in [-0.1, -0.05) is 26.0 Å². The van der Waals surface area contributed by atoms with Crippen LogP contribution in [0.4, 0.5) is 5.69 Å². The highest BCUT2D eigenvalue weighted by molar-refractivity contribution is 6.06. The standard InChI is InChI=1S/C23H25N5O2/c1-16(2)14-28-20-10-9-17(25-23(29)18-7-4-5-8-21(18)30-3)13-19(20)26-22(28)15-27-12-6-11-24-27/h4-13,16H,14-15H2,1-3H3,(H,25,29). The van der Waals surface area contributed by atoms with E-state index in [-0.39, 0.29) is 5.91 Å². The van der Waals surface area contributed by atoms with Crippen LogP contribution in [0.25, 0.3) is 11.0 Å². The number of benzene rings is 2. The Bertz CT molecular complexity index is 1160. The number of ether oxygens (including phenoxy) is 1. The molecule has 0 bridgehead atoms. The van der Waals surface area contributed by atoms with Crippen molar-refractivity contribution in [3.63, 3.8) is 0 Å². The van der Waals surface area contributed by atoms with Gasteiger partial charge in [0.15, 0.2) is 0 Å². The van der Waals surface area contributed by atoms with E-state index in [1.807, 2.05) is 47.3 Å². The van der Waals surface area contributed by atoms with Gasteiger partial charge in [-0.15, -0.1) is 0 Å². The van der Waals surface area contributed by atoms with Crippen LogP contribution in [0.15, 0.2) is 60.9 Å². The van der Waals surface area contributed by atoms with E-state index in [2.05, 4.69) is 28.8 Å². The average Bonchev–Trinajstić information content (AvgIpc) is 3.36. The quantitative estimate of drug-likeness (QED) is 0.502. The molecule has 1 amide bonds. The molecule has 2 heterocycles. The molecule has 4 aromatic rings. The first-order valence-electron chi connectivity index (χ1n) is 9.96. The third-order valence-electron chi connectivity index (χ3n) is 4.85. The van der Waals surface area contributed by atoms with Gasteiger partial charge in [0.2, 0.25) is 0 Å². The Morgan fingerprint density at radius 2 is 2.00 bits per heavy atom. The molecular weight excluding hydrogens is 378 g/mol. The second-order valence-corrected chi connectivity index (χ2v) is 7.59. The zero-order valence-electron chi connectivity index (χ0n) is 17.4. The zero-order chi connectivity index (χ0) is 21.1. The molecule has 0 radical (unpaired) electrons. The summed E-state index contributed by atoms with van der Waals surface area (Å²) in [4.78, 5) is 17.6. The van der Waals surface area contributed by atoms with E-state index < -0.39 is 0 Å². The van der Waals surface area contributed by atoms with Crippen molar-refractivity contribution in [3.8, 4) is 5.75 Å². The van der Waals surface area contributed by atoms with Crippen LogP contribution in [0.1, 0.15) is 30.0 Å². The smallest absolute Gasteiger partial charge is 0.259 e. The minimum Gasteiger partial charge on any atom is -0.496 e. The number of carbonyl (C=O) groups excluding carboxylic acids is 1. The van der Waals surface area contributed by atoms with E-state index in [0.29, 0.717) is 29.5 Å². The Morgan fingerprint density at radius 3 is 2.73 bits per heavy atom. The molecule has 0 atom stereocenters. The lowest BCUT2D eigenvalue weighted by molar-refractivity contribution is 0.102. The molecule has 0 aliphatic carbocycles. The Hall–Kier alpha value is -3.61. The van der Waals surface area contributed by atoms with Gasteiger partial charge < -0.3 is 14.6 Å². The molecule has 0 aliphatic rings. The van der Waals surface area contributed by atoms with Gasteiger partial charge in [-0.2, -0.15) is 5.10 Å². The number of hydrogen-bond acceptors (Lipinski definition) is 4. The summed E-state index contributed by atoms with van der Waals surface area (Å²) in [5.41, 5.74) is 3.07. The van der Waals surface area contributed by atoms with Crippen LogP contribution in [0, 0.1) is 5.92 Å². The van der Waals surface area contributed by atoms with Crippen LogP contribution in [-0.4, -0.2) is 32.3 Å². The van der Waals surface area contributed by atoms with Crippen molar-refractivity contribution in [2.45, 2.75) is 26.9 Å². The molecule has 7 heteroatoms. The molecule has 0 spiro atoms. The van der Waals surface area contributed by atoms with Gasteiger partial charge in [0.1, 0.15) is 11.6 Å². The van der Waals surface area contributed by atoms with E-state index in [9.17, 15) is 4.79 Å². The fraction of sp³-hybridized carbons (Fsp3) is 0.261. The number of fused-ring (bicyclic) bond motifs is 1. The van der Waals surface area contributed by atoms with Crippen molar-refractivity contribution < 1.29 is 9.53 Å². The molecule has 0 unspecified atom stereocenters. The van der Waals surface area contributed by atoms with Crippen molar-refractivity contribution in [1.82, 2.24) is 19.3 Å². The van der Waals surface area contributed by atoms with Gasteiger partial charge in [0.05, 0.1) is 30.3 Å². The van der Waals surface area contributed by atoms with Gasteiger partial charge in [-0.25, -0.2) is 4.98 Å². The van der Waals surface area contributed by atoms with E-state index >= 15 is 0 Å². The van der Waals surface area contributed by atoms with Crippen LogP contribution in [0.5, 0.6) is 5.75 Å². The van der Waals surface area contributed by atoms with Crippen LogP contribution in [0.2, 0.25) is 0 Å². The molecule has 0 saturated heterocycles. The topological polar surface area (TPSA) is 74.0 Å². The molecule has 154 valence electrons. The first-order chi connectivity index (χ1) is 14.5. The highest BCUT2D eigenvalue weighted by atomic mass is 16.5. The number of nitrogens with one attached hydrogen (secondary N) is 1. The largest absolute Gasteiger partial charge is 0.496 e. The van der Waals surface area contributed by atoms with Crippen molar-refractivity contribution in [2.24, 2.45) is 5.92 Å². The summed E-state index contributed by atoms with van der Waals surface area (Å²) in [6.07, 6.45) is 3.69. The van der Waals surface area contributed by atoms with E-state index in [4.69, 9.17) is 9.72 Å². The predicted molar refractivity (Wildman–Crippen MR) is 117 cm³/mol. The number of aromatic nitrogens is 4. The lowest BCUT2D eigenvalue weighted by atomic mass is 10.1. The highest BCUT2D eigenvalue weighted by Crippen LogP contribution is 2.24. The summed E-state index contributed by atoms with van der Waals surface area (Å²) in [5.74, 6) is 1.74. The number of hydrogen-bond donors (Lipinski definition) is 1. The minimum atomic E-state index is -0.217. The number of rotatable bonds is 7. The van der Waals surface area contributed by atoms with Gasteiger partial charge >= 0.3 is 0 Å². The Kier molecular flexibility index (Phi) is 5.52. The second-order valence-electron chi connectivity index (χ2n) is 7.59. The SMILES string of the molecule is COc1ccccc1C(=O)Nc1ccc2c(c1)nc(Cn1cccn1)n2CC(C)C. The van der Waals surface area contributed by atoms with Crippen molar-refractivity contribution >= 4 is 22.6 Å². The summed E-state index contributed by atoms with van der Waals surface area (Å²) in [6, 6.07) is 14.9. The summed E-state index contributed by atoms with van der Waals surface area (Å²) in [5, 5.41) is 7.26. The molecule has 7 nitrogen and oxygen atoms in total. The molecule has 2 aromatic carbocycles. The molecule has 2 aromatic heterocycles. The van der Waals surface area contributed by atoms with E-state index in [1.54, 1.807) is 25.4 Å². The predicted octanol–water partition coefficient (Wildman–Crippen LogP) is 4.20. The fourth-order valence-corrected chi connectivity index (χ4v) is 3.52. The maximum Gasteiger partial charge on any atom is 0.259 e. The van der Waals surface area contributed by atoms with Gasteiger partial charge in [0, 0.05) is 24.6 Å². The van der Waals surface area contributed by atoms with Crippen LogP contribution in [-0.2, 0) is 13.1 Å². The normalized spacial score (nSPS) is 11.2. The number of nitrogens with zero attached hydrogens (tertiary/aromatic N) is 4. The van der Waals surface area contributed by atoms with Crippen molar-refractivity contribution in [2.75, 3.05) is 12.4 Å². The lowest BCUT2D eigenvalue weighted by Crippen LogP contribution is -2.13. The number of carbonyl (C=O) groups is 1. The zero-order valence-corrected chi connectivity index (χ0v) is 17.4. The summed E-state index contributed by atoms with van der Waals surface area (Å²) >= 11 is 0. The Balaban J connectivity index is 1.65. The highest BCUT2D eigenvalue weighted by Gasteiger charge is 2.15. The number of methoxy groups -OCH3 is 1. The minimum absolute atomic E-state index is 0.217. The average molecular weight is 403 g/mol. The van der Waals surface area contributed by atoms with Crippen LogP contribution in [0.3, 0.4) is 0 Å². The molecular formula is C23H25N5O2. The maximum absolute atomic E-state index is 12.7. The van der Waals surface area contributed by atoms with E-state index in [1.165, 1.54) is 0 Å². The molecule has 4 rings (SSSR count). The van der Waals surface area contributed by atoms with Gasteiger partial charge in [-0.3, -0.25) is 9.48 Å². The molecule has 1 N–H and O–H groups in total. The Morgan fingerprint density at radius 1 is 1.17 bits per heavy atom. The number of anilines is 1. The third kappa shape index (κ3) is 4.05. The maximum atomic E-state index is 12.7. The van der Waals surface area contributed by atoms with Crippen LogP contribution >= 0.6 is 0 Å². The van der Waals surface area contributed by atoms with Crippen LogP contribution < -0.4 is 10.1 Å². The third-order valence-corrected chi connectivity index (χ3v) is 4.85. The number of imidazole rings is 1. The molecule has 30 heavy (non-hydrogen) atoms. The van der Waals surface area contributed by atoms with Crippen molar-refractivity contribution in [1.29, 1.82) is 0 Å². The first-order valence-corrected chi connectivity index (χ1v) is 9.96. The molecule has 0 fully saturated rings. The molecule has 0 saturated carbocycles. The number of para-hydroxylation sites is 1. The summed E-state index contributed by atoms with van der Waals surface area (Å²) in [6.45, 7) is 5.83. The monoisotopic (exact) mass is 403 g/mol. The lowest BCUT2D eigenvalue weighted by Gasteiger charge is -2.12. The van der Waals surface area contributed by atoms with Gasteiger partial charge in [-0.05, 0) is 42.3 Å². The Labute approximate surface area is 175 Å². The van der Waals surface area contributed by atoms with Gasteiger partial charge in [0.25, 0.3) is 5.91 Å².